The van der Waals surface area contributed by atoms with Crippen molar-refractivity contribution in [3.05, 3.63) is 35.9 Å². The van der Waals surface area contributed by atoms with E-state index in [-0.39, 0.29) is 22.3 Å². The van der Waals surface area contributed by atoms with E-state index < -0.39 is 0 Å². The van der Waals surface area contributed by atoms with Crippen molar-refractivity contribution in [1.82, 2.24) is 10.6 Å². The van der Waals surface area contributed by atoms with Crippen LogP contribution in [0, 0.1) is 22.2 Å². The summed E-state index contributed by atoms with van der Waals surface area (Å²) in [6.07, 6.45) is 9.44. The van der Waals surface area contributed by atoms with E-state index in [2.05, 4.69) is 61.7 Å². The lowest BCUT2D eigenvalue weighted by Gasteiger charge is -2.66. The van der Waals surface area contributed by atoms with Crippen molar-refractivity contribution < 1.29 is 4.79 Å². The van der Waals surface area contributed by atoms with Gasteiger partial charge in [-0.3, -0.25) is 4.79 Å². The van der Waals surface area contributed by atoms with Crippen molar-refractivity contribution in [2.75, 3.05) is 13.1 Å². The lowest BCUT2D eigenvalue weighted by Crippen LogP contribution is -2.64. The number of nitrogens with one attached hydrogen (secondary N) is 2. The molecule has 1 aliphatic heterocycles. The molecule has 29 heavy (non-hydrogen) atoms. The third-order valence-corrected chi connectivity index (χ3v) is 9.24. The van der Waals surface area contributed by atoms with Crippen LogP contribution in [0.1, 0.15) is 77.7 Å². The van der Waals surface area contributed by atoms with Gasteiger partial charge in [0.15, 0.2) is 0 Å². The second-order valence-corrected chi connectivity index (χ2v) is 11.8. The summed E-state index contributed by atoms with van der Waals surface area (Å²) in [6.45, 7) is 8.95. The maximum atomic E-state index is 14.0. The summed E-state index contributed by atoms with van der Waals surface area (Å²) in [5, 5.41) is 7.10. The molecule has 3 heteroatoms. The number of carbonyl (C=O) groups is 1. The fourth-order valence-corrected chi connectivity index (χ4v) is 8.15. The Balaban J connectivity index is 1.48. The molecule has 6 rings (SSSR count). The van der Waals surface area contributed by atoms with Crippen molar-refractivity contribution >= 4 is 5.91 Å². The van der Waals surface area contributed by atoms with Crippen LogP contribution >= 0.6 is 0 Å². The van der Waals surface area contributed by atoms with E-state index in [1.165, 1.54) is 31.2 Å². The predicted octanol–water partition coefficient (Wildman–Crippen LogP) is 4.81. The summed E-state index contributed by atoms with van der Waals surface area (Å²) in [5.74, 6) is 1.08. The Labute approximate surface area is 176 Å². The number of hydrogen-bond acceptors (Lipinski definition) is 2. The van der Waals surface area contributed by atoms with Crippen LogP contribution in [0.25, 0.3) is 0 Å². The van der Waals surface area contributed by atoms with Crippen LogP contribution in [0.2, 0.25) is 0 Å². The Bertz CT molecular complexity index is 789. The standard InChI is InChI=1S/C26H38N2O/c1-4-24-12-19-13-25(15-24,20-8-6-5-7-9-20)17-26(14-19,16-24)22(29)28-21-10-11-27-18-23(21,2)3/h5-9,19,21,27H,4,10-18H2,1-3H3,(H,28,29). The lowest BCUT2D eigenvalue weighted by atomic mass is 9.38. The molecule has 4 bridgehead atoms. The first kappa shape index (κ1) is 19.6. The Morgan fingerprint density at radius 2 is 1.90 bits per heavy atom. The van der Waals surface area contributed by atoms with E-state index in [0.29, 0.717) is 17.2 Å². The first-order chi connectivity index (χ1) is 13.8. The summed E-state index contributed by atoms with van der Waals surface area (Å²) in [6, 6.07) is 11.5. The molecule has 5 atom stereocenters. The molecule has 4 aliphatic carbocycles. The van der Waals surface area contributed by atoms with E-state index >= 15 is 0 Å². The summed E-state index contributed by atoms with van der Waals surface area (Å²) in [5.41, 5.74) is 2.01. The van der Waals surface area contributed by atoms with Crippen LogP contribution in [0.15, 0.2) is 30.3 Å². The van der Waals surface area contributed by atoms with E-state index in [9.17, 15) is 4.79 Å². The highest BCUT2D eigenvalue weighted by molar-refractivity contribution is 5.84. The van der Waals surface area contributed by atoms with Crippen molar-refractivity contribution in [3.8, 4) is 0 Å². The lowest BCUT2D eigenvalue weighted by molar-refractivity contribution is -0.164. The van der Waals surface area contributed by atoms with Crippen LogP contribution < -0.4 is 10.6 Å². The highest BCUT2D eigenvalue weighted by atomic mass is 16.2. The van der Waals surface area contributed by atoms with Crippen LogP contribution in [0.3, 0.4) is 0 Å². The zero-order chi connectivity index (χ0) is 20.3. The molecule has 1 saturated heterocycles. The van der Waals surface area contributed by atoms with Crippen molar-refractivity contribution in [3.63, 3.8) is 0 Å². The van der Waals surface area contributed by atoms with Crippen molar-refractivity contribution in [1.29, 1.82) is 0 Å². The number of benzene rings is 1. The Hall–Kier alpha value is -1.35. The van der Waals surface area contributed by atoms with Gasteiger partial charge in [-0.2, -0.15) is 0 Å². The molecule has 5 aliphatic rings. The number of rotatable bonds is 4. The Kier molecular flexibility index (Phi) is 4.44. The fraction of sp³-hybridized carbons (Fsp3) is 0.731. The topological polar surface area (TPSA) is 41.1 Å². The van der Waals surface area contributed by atoms with Gasteiger partial charge in [-0.1, -0.05) is 57.5 Å². The third kappa shape index (κ3) is 3.07. The van der Waals surface area contributed by atoms with Crippen molar-refractivity contribution in [2.24, 2.45) is 22.2 Å². The van der Waals surface area contributed by atoms with E-state index in [0.717, 1.165) is 38.8 Å². The first-order valence-corrected chi connectivity index (χ1v) is 11.9. The number of piperidine rings is 1. The molecular formula is C26H38N2O. The number of amides is 1. The van der Waals surface area contributed by atoms with E-state index in [4.69, 9.17) is 0 Å². The zero-order valence-corrected chi connectivity index (χ0v) is 18.5. The smallest absolute Gasteiger partial charge is 0.226 e. The monoisotopic (exact) mass is 394 g/mol. The van der Waals surface area contributed by atoms with Gasteiger partial charge in [0.1, 0.15) is 0 Å². The maximum absolute atomic E-state index is 14.0. The molecule has 2 N–H and O–H groups in total. The molecule has 1 amide bonds. The van der Waals surface area contributed by atoms with Crippen LogP contribution in [-0.4, -0.2) is 25.0 Å². The second kappa shape index (κ2) is 6.57. The molecule has 1 aromatic rings. The normalized spacial score (nSPS) is 42.6. The van der Waals surface area contributed by atoms with Gasteiger partial charge in [-0.05, 0) is 79.2 Å². The van der Waals surface area contributed by atoms with Gasteiger partial charge in [0, 0.05) is 12.6 Å². The molecule has 3 nitrogen and oxygen atoms in total. The Morgan fingerprint density at radius 1 is 1.10 bits per heavy atom. The van der Waals surface area contributed by atoms with E-state index in [1.807, 2.05) is 0 Å². The summed E-state index contributed by atoms with van der Waals surface area (Å²) in [7, 11) is 0. The van der Waals surface area contributed by atoms with Gasteiger partial charge in [0.2, 0.25) is 5.91 Å². The molecule has 158 valence electrons. The molecule has 5 fully saturated rings. The van der Waals surface area contributed by atoms with Gasteiger partial charge in [0.25, 0.3) is 0 Å². The highest BCUT2D eigenvalue weighted by Crippen LogP contribution is 2.71. The Morgan fingerprint density at radius 3 is 2.62 bits per heavy atom. The number of carbonyl (C=O) groups excluding carboxylic acids is 1. The van der Waals surface area contributed by atoms with E-state index in [1.54, 1.807) is 0 Å². The SMILES string of the molecule is CCC12CC3CC(C(=O)NC4CCNCC4(C)C)(C1)CC(c1ccccc1)(C3)C2. The minimum Gasteiger partial charge on any atom is -0.352 e. The largest absolute Gasteiger partial charge is 0.352 e. The van der Waals surface area contributed by atoms with Crippen molar-refractivity contribution in [2.45, 2.75) is 83.6 Å². The average molecular weight is 395 g/mol. The van der Waals surface area contributed by atoms with Gasteiger partial charge in [0.05, 0.1) is 5.41 Å². The van der Waals surface area contributed by atoms with Gasteiger partial charge >= 0.3 is 0 Å². The predicted molar refractivity (Wildman–Crippen MR) is 118 cm³/mol. The minimum atomic E-state index is -0.160. The highest BCUT2D eigenvalue weighted by Gasteiger charge is 2.65. The molecule has 0 spiro atoms. The van der Waals surface area contributed by atoms with Gasteiger partial charge in [-0.25, -0.2) is 0 Å². The maximum Gasteiger partial charge on any atom is 0.226 e. The van der Waals surface area contributed by atoms with Crippen LogP contribution in [-0.2, 0) is 10.2 Å². The third-order valence-electron chi connectivity index (χ3n) is 9.24. The molecule has 1 heterocycles. The molecule has 5 unspecified atom stereocenters. The fourth-order valence-electron chi connectivity index (χ4n) is 8.15. The zero-order valence-electron chi connectivity index (χ0n) is 18.5. The average Bonchev–Trinajstić information content (AvgIpc) is 2.69. The molecule has 0 aromatic heterocycles. The number of hydrogen-bond donors (Lipinski definition) is 2. The first-order valence-electron chi connectivity index (χ1n) is 11.9. The second-order valence-electron chi connectivity index (χ2n) is 11.8. The molecule has 4 saturated carbocycles. The van der Waals surface area contributed by atoms with Gasteiger partial charge < -0.3 is 10.6 Å². The minimum absolute atomic E-state index is 0.121. The van der Waals surface area contributed by atoms with Gasteiger partial charge in [-0.15, -0.1) is 0 Å². The summed E-state index contributed by atoms with van der Waals surface area (Å²) in [4.78, 5) is 14.0. The summed E-state index contributed by atoms with van der Waals surface area (Å²) < 4.78 is 0. The van der Waals surface area contributed by atoms with Crippen LogP contribution in [0.4, 0.5) is 0 Å². The molecule has 1 aromatic carbocycles. The van der Waals surface area contributed by atoms with Crippen LogP contribution in [0.5, 0.6) is 0 Å². The molecular weight excluding hydrogens is 356 g/mol. The molecule has 0 radical (unpaired) electrons. The summed E-state index contributed by atoms with van der Waals surface area (Å²) >= 11 is 0. The quantitative estimate of drug-likeness (QED) is 0.769.